The fourth-order valence-corrected chi connectivity index (χ4v) is 22.2. The molecule has 0 spiro atoms. The van der Waals surface area contributed by atoms with Crippen LogP contribution in [0.1, 0.15) is 141 Å². The summed E-state index contributed by atoms with van der Waals surface area (Å²) in [5, 5.41) is 114. The number of fused-ring (bicyclic) bond motifs is 10. The van der Waals surface area contributed by atoms with E-state index in [0.717, 1.165) is 30.4 Å². The van der Waals surface area contributed by atoms with Gasteiger partial charge < -0.3 is 72.5 Å². The number of hydrogen-bond donors (Lipinski definition) is 13. The molecular weight excluding hydrogens is 1130 g/mol. The van der Waals surface area contributed by atoms with E-state index in [1.165, 1.54) is 27.2 Å². The number of aliphatic hydroxyl groups excluding tert-OH is 5. The van der Waals surface area contributed by atoms with Crippen molar-refractivity contribution >= 4 is 45.1 Å². The molecule has 1 aromatic carbocycles. The molecule has 2 aromatic rings. The van der Waals surface area contributed by atoms with Crippen molar-refractivity contribution in [2.45, 2.75) is 177 Å². The average molecular weight is 1230 g/mol. The van der Waals surface area contributed by atoms with Crippen molar-refractivity contribution in [1.29, 1.82) is 0 Å². The SMILES string of the molecule is CCC1OC(=O)C(c2cc[nH]c2)C1C1C#CCC2CC3(O)C4=C5NC(CO)C(=O)CC(c6ccc(O)cc6)CSSCC6C(O)C(O)CC(C)(C4CCC3(CCN=C(N)N)C2C(C)(O)C(O)CC(C(O)O)C2CC=C3CCC(C)CC3C2C1)C6C5=O. The third kappa shape index (κ3) is 11.0. The average Bonchev–Trinajstić information content (AvgIpc) is 1.34. The minimum atomic E-state index is -2.11. The quantitative estimate of drug-likeness (QED) is 0.0288. The van der Waals surface area contributed by atoms with E-state index in [-0.39, 0.29) is 104 Å². The number of aromatic nitrogens is 1. The molecule has 0 radical (unpaired) electrons. The van der Waals surface area contributed by atoms with E-state index in [4.69, 9.17) is 16.2 Å². The van der Waals surface area contributed by atoms with Crippen LogP contribution < -0.4 is 16.8 Å². The lowest BCUT2D eigenvalue weighted by Gasteiger charge is -2.63. The van der Waals surface area contributed by atoms with E-state index in [2.05, 4.69) is 40.1 Å². The maximum absolute atomic E-state index is 16.2. The Kier molecular flexibility index (Phi) is 18.2. The number of ether oxygens (including phenoxy) is 1. The Morgan fingerprint density at radius 2 is 1.71 bits per heavy atom. The summed E-state index contributed by atoms with van der Waals surface area (Å²) in [6.07, 6.45) is 3.77. The first-order chi connectivity index (χ1) is 41.0. The minimum Gasteiger partial charge on any atom is -0.508 e. The van der Waals surface area contributed by atoms with E-state index in [1.807, 2.05) is 26.1 Å². The predicted octanol–water partition coefficient (Wildman–Crippen LogP) is 5.31. The van der Waals surface area contributed by atoms with Gasteiger partial charge in [0.25, 0.3) is 0 Å². The zero-order valence-electron chi connectivity index (χ0n) is 50.0. The molecule has 470 valence electrons. The number of allylic oxidation sites excluding steroid dienone is 3. The number of esters is 1. The lowest BCUT2D eigenvalue weighted by molar-refractivity contribution is -0.200. The summed E-state index contributed by atoms with van der Waals surface area (Å²) < 4.78 is 6.27. The van der Waals surface area contributed by atoms with Gasteiger partial charge in [0.05, 0.1) is 47.7 Å². The highest BCUT2D eigenvalue weighted by molar-refractivity contribution is 8.76. The number of nitrogens with zero attached hydrogens (tertiary/aromatic N) is 1. The van der Waals surface area contributed by atoms with Gasteiger partial charge in [0.2, 0.25) is 0 Å². The van der Waals surface area contributed by atoms with E-state index in [1.54, 1.807) is 37.4 Å². The summed E-state index contributed by atoms with van der Waals surface area (Å²) in [4.78, 5) is 53.0. The number of aromatic hydroxyl groups is 1. The Morgan fingerprint density at radius 3 is 2.41 bits per heavy atom. The number of carbonyl (C=O) groups is 3. The van der Waals surface area contributed by atoms with E-state index >= 15 is 4.79 Å². The number of ketones is 2. The summed E-state index contributed by atoms with van der Waals surface area (Å²) in [7, 11) is 2.93. The monoisotopic (exact) mass is 1230 g/mol. The summed E-state index contributed by atoms with van der Waals surface area (Å²) in [5.74, 6) is -0.419. The number of carbonyl (C=O) groups excluding carboxylic acids is 3. The van der Waals surface area contributed by atoms with Gasteiger partial charge in [-0.05, 0) is 160 Å². The van der Waals surface area contributed by atoms with Crippen molar-refractivity contribution in [3.05, 3.63) is 76.8 Å². The van der Waals surface area contributed by atoms with Gasteiger partial charge in [-0.1, -0.05) is 72.1 Å². The number of benzene rings is 1. The normalized spacial score (nSPS) is 43.6. The fraction of sp³-hybridized carbons (Fsp3) is 0.697. The van der Waals surface area contributed by atoms with Crippen LogP contribution in [0, 0.1) is 93.7 Å². The van der Waals surface area contributed by atoms with Gasteiger partial charge in [-0.3, -0.25) is 19.4 Å². The zero-order chi connectivity index (χ0) is 61.4. The zero-order valence-corrected chi connectivity index (χ0v) is 51.6. The summed E-state index contributed by atoms with van der Waals surface area (Å²) >= 11 is 0. The lowest BCUT2D eigenvalue weighted by Crippen LogP contribution is -2.67. The van der Waals surface area contributed by atoms with E-state index in [0.29, 0.717) is 30.9 Å². The smallest absolute Gasteiger partial charge is 0.314 e. The minimum absolute atomic E-state index is 0.00176. The molecule has 2 bridgehead atoms. The maximum atomic E-state index is 16.2. The highest BCUT2D eigenvalue weighted by Gasteiger charge is 2.75. The Balaban J connectivity index is 1.10. The van der Waals surface area contributed by atoms with Crippen molar-refractivity contribution in [1.82, 2.24) is 10.3 Å². The van der Waals surface area contributed by atoms with Crippen molar-refractivity contribution in [2.75, 3.05) is 24.7 Å². The van der Waals surface area contributed by atoms with Gasteiger partial charge in [0.1, 0.15) is 17.9 Å². The fourth-order valence-electron chi connectivity index (χ4n) is 19.5. The van der Waals surface area contributed by atoms with Crippen LogP contribution >= 0.6 is 21.6 Å². The Labute approximate surface area is 512 Å². The topological polar surface area (TPSA) is 335 Å². The first-order valence-electron chi connectivity index (χ1n) is 31.6. The number of rotatable bonds is 9. The van der Waals surface area contributed by atoms with Crippen LogP contribution in [0.4, 0.5) is 0 Å². The molecule has 4 saturated carbocycles. The standard InChI is InChI=1S/C66H91N5O13S2/c1-5-50-52(53(61(81)84-50)38-18-21-69-29-38)36-7-6-8-37-27-66(83)55-46(63(3)28-49(75)57(77)45-32-86-85-31-39(34-11-14-40(73)15-12-34)25-48(74)47(30-72)71-56(55)58(78)54(45)63)17-19-65(66,20-22-70-62(67)68)59(37)64(4,82)51(76)26-44(60(79)80)41-16-13-35-10-9-33(2)23-42(35)43(41)24-36/h11-15,18,21,29,33,36-37,39,41-47,49-54,57,59-60,69,71-73,75-77,79-80,82-83H,5,8-10,16-17,19-20,22-28,30-32H2,1-4H3,(H4,67,68,70). The van der Waals surface area contributed by atoms with Gasteiger partial charge >= 0.3 is 5.97 Å². The number of nitrogens with one attached hydrogen (secondary N) is 2. The maximum Gasteiger partial charge on any atom is 0.314 e. The molecule has 9 aliphatic rings. The van der Waals surface area contributed by atoms with Crippen LogP contribution in [0.5, 0.6) is 5.75 Å². The molecule has 18 nitrogen and oxygen atoms in total. The molecule has 86 heavy (non-hydrogen) atoms. The summed E-state index contributed by atoms with van der Waals surface area (Å²) in [6, 6.07) is 7.15. The van der Waals surface area contributed by atoms with E-state index < -0.39 is 142 Å². The molecule has 7 aliphatic carbocycles. The number of Topliss-reactive ketones (excluding diaryl/α,β-unsaturated/α-hetero) is 2. The first kappa shape index (κ1) is 63.2. The highest BCUT2D eigenvalue weighted by Crippen LogP contribution is 2.73. The number of phenolic OH excluding ortho intramolecular Hbond substituents is 1. The Bertz CT molecular complexity index is 3000. The molecule has 6 fully saturated rings. The molecule has 23 atom stereocenters. The van der Waals surface area contributed by atoms with Crippen molar-refractivity contribution in [2.24, 2.45) is 98.3 Å². The number of nitrogens with two attached hydrogens (primary N) is 2. The van der Waals surface area contributed by atoms with Crippen molar-refractivity contribution in [3.8, 4) is 17.6 Å². The molecule has 20 heteroatoms. The molecule has 2 saturated heterocycles. The molecule has 11 rings (SSSR count). The molecule has 2 aliphatic heterocycles. The number of guanidine groups is 1. The van der Waals surface area contributed by atoms with Crippen LogP contribution in [-0.2, 0) is 19.1 Å². The predicted molar refractivity (Wildman–Crippen MR) is 327 cm³/mol. The number of H-pyrrole nitrogens is 1. The number of phenols is 1. The number of aromatic amines is 1. The van der Waals surface area contributed by atoms with Gasteiger partial charge in [-0.15, -0.1) is 5.92 Å². The third-order valence-corrected chi connectivity index (χ3v) is 25.9. The summed E-state index contributed by atoms with van der Waals surface area (Å²) in [6.45, 7) is 6.98. The molecular formula is C66H91N5O13S2. The van der Waals surface area contributed by atoms with Crippen molar-refractivity contribution in [3.63, 3.8) is 0 Å². The molecule has 0 amide bonds. The highest BCUT2D eigenvalue weighted by atomic mass is 33.1. The number of hydrogen-bond acceptors (Lipinski definition) is 17. The van der Waals surface area contributed by atoms with Crippen LogP contribution in [0.2, 0.25) is 0 Å². The number of aliphatic imine (C=N–C) groups is 1. The van der Waals surface area contributed by atoms with Crippen LogP contribution in [0.3, 0.4) is 0 Å². The van der Waals surface area contributed by atoms with Gasteiger partial charge in [0, 0.05) is 90.1 Å². The number of cyclic esters (lactones) is 1. The van der Waals surface area contributed by atoms with Crippen LogP contribution in [0.25, 0.3) is 0 Å². The first-order valence-corrected chi connectivity index (χ1v) is 34.1. The number of aliphatic hydroxyl groups is 8. The van der Waals surface area contributed by atoms with Crippen molar-refractivity contribution < 1.29 is 65.1 Å². The molecule has 23 unspecified atom stereocenters. The second kappa shape index (κ2) is 24.8. The Hall–Kier alpha value is -4.40. The van der Waals surface area contributed by atoms with E-state index in [9.17, 15) is 55.5 Å². The van der Waals surface area contributed by atoms with Crippen LogP contribution in [-0.4, -0.2) is 147 Å². The van der Waals surface area contributed by atoms with Gasteiger partial charge in [0.15, 0.2) is 23.8 Å². The third-order valence-electron chi connectivity index (χ3n) is 23.4. The summed E-state index contributed by atoms with van der Waals surface area (Å²) in [5.41, 5.74) is 8.48. The lowest BCUT2D eigenvalue weighted by atomic mass is 9.43. The molecule has 15 N–H and O–H groups in total. The second-order valence-electron chi connectivity index (χ2n) is 27.9. The largest absolute Gasteiger partial charge is 0.508 e. The second-order valence-corrected chi connectivity index (χ2v) is 30.5. The van der Waals surface area contributed by atoms with Crippen LogP contribution in [0.15, 0.2) is 70.6 Å². The molecule has 1 aromatic heterocycles. The Morgan fingerprint density at radius 1 is 0.953 bits per heavy atom. The molecule has 3 heterocycles. The van der Waals surface area contributed by atoms with Gasteiger partial charge in [-0.2, -0.15) is 0 Å². The van der Waals surface area contributed by atoms with Gasteiger partial charge in [-0.25, -0.2) is 0 Å².